The van der Waals surface area contributed by atoms with Crippen LogP contribution in [-0.4, -0.2) is 62.5 Å². The van der Waals surface area contributed by atoms with E-state index >= 15 is 0 Å². The van der Waals surface area contributed by atoms with Gasteiger partial charge >= 0.3 is 6.18 Å². The van der Waals surface area contributed by atoms with Crippen molar-refractivity contribution in [3.05, 3.63) is 59.7 Å². The van der Waals surface area contributed by atoms with E-state index in [1.165, 1.54) is 12.1 Å². The standard InChI is InChI=1S/C27H31F4N3O2/c1-32(2)25-17-33(16-24(25)28)21-9-11-22(12-10-21)34-13-3-4-19(26(34)36)15-23(35)14-18-5-7-20(8-6-18)27(29,30)31/h5-12,19,24-25H,3-4,13-17H2,1-2H3/t19-,24?,25?/m0/s1. The van der Waals surface area contributed by atoms with Gasteiger partial charge in [0.2, 0.25) is 5.91 Å². The second kappa shape index (κ2) is 10.6. The number of benzene rings is 2. The van der Waals surface area contributed by atoms with Crippen LogP contribution in [0, 0.1) is 5.92 Å². The van der Waals surface area contributed by atoms with Gasteiger partial charge in [0.1, 0.15) is 12.0 Å². The van der Waals surface area contributed by atoms with Crippen LogP contribution >= 0.6 is 0 Å². The van der Waals surface area contributed by atoms with E-state index in [4.69, 9.17) is 0 Å². The molecule has 2 aromatic carbocycles. The minimum absolute atomic E-state index is 0.00401. The SMILES string of the molecule is CN(C)C1CN(c2ccc(N3CCC[C@@H](CC(=O)Cc4ccc(C(F)(F)F)cc4)C3=O)cc2)CC1F. The van der Waals surface area contributed by atoms with E-state index in [1.54, 1.807) is 4.90 Å². The Kier molecular flexibility index (Phi) is 7.68. The summed E-state index contributed by atoms with van der Waals surface area (Å²) >= 11 is 0. The smallest absolute Gasteiger partial charge is 0.367 e. The molecule has 194 valence electrons. The highest BCUT2D eigenvalue weighted by molar-refractivity contribution is 5.98. The first kappa shape index (κ1) is 26.1. The lowest BCUT2D eigenvalue weighted by atomic mass is 9.90. The van der Waals surface area contributed by atoms with E-state index in [0.29, 0.717) is 31.6 Å². The molecule has 2 fully saturated rings. The molecule has 0 bridgehead atoms. The molecule has 0 aliphatic carbocycles. The number of hydrogen-bond donors (Lipinski definition) is 0. The molecule has 0 aromatic heterocycles. The molecule has 2 aliphatic heterocycles. The maximum Gasteiger partial charge on any atom is 0.416 e. The number of ketones is 1. The number of rotatable bonds is 7. The average molecular weight is 506 g/mol. The van der Waals surface area contributed by atoms with Gasteiger partial charge in [-0.15, -0.1) is 0 Å². The number of nitrogens with zero attached hydrogens (tertiary/aromatic N) is 3. The molecule has 3 atom stereocenters. The highest BCUT2D eigenvalue weighted by Crippen LogP contribution is 2.31. The molecular formula is C27H31F4N3O2. The molecule has 4 rings (SSSR count). The van der Waals surface area contributed by atoms with Crippen LogP contribution in [0.15, 0.2) is 48.5 Å². The van der Waals surface area contributed by atoms with Gasteiger partial charge in [0.15, 0.2) is 0 Å². The predicted molar refractivity (Wildman–Crippen MR) is 131 cm³/mol. The zero-order chi connectivity index (χ0) is 26.0. The molecule has 9 heteroatoms. The minimum Gasteiger partial charge on any atom is -0.367 e. The quantitative estimate of drug-likeness (QED) is 0.510. The highest BCUT2D eigenvalue weighted by atomic mass is 19.4. The van der Waals surface area contributed by atoms with Crippen LogP contribution < -0.4 is 9.80 Å². The second-order valence-electron chi connectivity index (χ2n) is 9.91. The number of hydrogen-bond acceptors (Lipinski definition) is 4. The van der Waals surface area contributed by atoms with Crippen LogP contribution in [0.25, 0.3) is 0 Å². The van der Waals surface area contributed by atoms with Gasteiger partial charge < -0.3 is 14.7 Å². The summed E-state index contributed by atoms with van der Waals surface area (Å²) in [7, 11) is 3.74. The molecule has 2 aromatic rings. The van der Waals surface area contributed by atoms with Crippen LogP contribution in [0.5, 0.6) is 0 Å². The molecular weight excluding hydrogens is 474 g/mol. The molecule has 5 nitrogen and oxygen atoms in total. The van der Waals surface area contributed by atoms with Crippen LogP contribution in [0.4, 0.5) is 28.9 Å². The van der Waals surface area contributed by atoms with Gasteiger partial charge in [-0.25, -0.2) is 4.39 Å². The maximum atomic E-state index is 14.3. The summed E-state index contributed by atoms with van der Waals surface area (Å²) in [6, 6.07) is 11.9. The summed E-state index contributed by atoms with van der Waals surface area (Å²) in [5.41, 5.74) is 1.38. The lowest BCUT2D eigenvalue weighted by molar-refractivity contribution is -0.137. The predicted octanol–water partition coefficient (Wildman–Crippen LogP) is 4.74. The normalized spacial score (nSPS) is 23.0. The van der Waals surface area contributed by atoms with Crippen molar-refractivity contribution in [2.45, 2.75) is 44.1 Å². The van der Waals surface area contributed by atoms with Crippen molar-refractivity contribution in [2.75, 3.05) is 43.5 Å². The summed E-state index contributed by atoms with van der Waals surface area (Å²) in [4.78, 5) is 31.3. The zero-order valence-electron chi connectivity index (χ0n) is 20.5. The van der Waals surface area contributed by atoms with Crippen LogP contribution in [0.1, 0.15) is 30.4 Å². The molecule has 36 heavy (non-hydrogen) atoms. The number of likely N-dealkylation sites (N-methyl/N-ethyl adjacent to an activating group) is 1. The number of amides is 1. The molecule has 2 heterocycles. The third-order valence-electron chi connectivity index (χ3n) is 7.12. The van der Waals surface area contributed by atoms with Crippen molar-refractivity contribution in [3.63, 3.8) is 0 Å². The fourth-order valence-corrected chi connectivity index (χ4v) is 5.07. The van der Waals surface area contributed by atoms with Crippen LogP contribution in [-0.2, 0) is 22.2 Å². The van der Waals surface area contributed by atoms with Gasteiger partial charge in [0, 0.05) is 43.2 Å². The molecule has 2 unspecified atom stereocenters. The molecule has 0 radical (unpaired) electrons. The zero-order valence-corrected chi connectivity index (χ0v) is 20.5. The van der Waals surface area contributed by atoms with Crippen molar-refractivity contribution in [3.8, 4) is 0 Å². The number of carbonyl (C=O) groups is 2. The topological polar surface area (TPSA) is 43.9 Å². The summed E-state index contributed by atoms with van der Waals surface area (Å²) in [6.45, 7) is 1.48. The van der Waals surface area contributed by atoms with Gasteiger partial charge in [-0.2, -0.15) is 13.2 Å². The minimum atomic E-state index is -4.42. The lowest BCUT2D eigenvalue weighted by Crippen LogP contribution is -2.42. The van der Waals surface area contributed by atoms with E-state index < -0.39 is 23.8 Å². The van der Waals surface area contributed by atoms with Crippen LogP contribution in [0.3, 0.4) is 0 Å². The van der Waals surface area contributed by atoms with E-state index in [1.807, 2.05) is 48.2 Å². The third kappa shape index (κ3) is 5.88. The van der Waals surface area contributed by atoms with Crippen molar-refractivity contribution >= 4 is 23.1 Å². The number of Topliss-reactive ketones (excluding diaryl/α,β-unsaturated/α-hetero) is 1. The first-order chi connectivity index (χ1) is 17.0. The number of anilines is 2. The summed E-state index contributed by atoms with van der Waals surface area (Å²) in [5.74, 6) is -0.741. The molecule has 0 N–H and O–H groups in total. The molecule has 2 saturated heterocycles. The van der Waals surface area contributed by atoms with Gasteiger partial charge in [-0.1, -0.05) is 12.1 Å². The second-order valence-corrected chi connectivity index (χ2v) is 9.91. The van der Waals surface area contributed by atoms with Gasteiger partial charge in [0.25, 0.3) is 0 Å². The Hall–Kier alpha value is -2.94. The molecule has 0 spiro atoms. The van der Waals surface area contributed by atoms with Crippen molar-refractivity contribution in [1.82, 2.24) is 4.90 Å². The number of carbonyl (C=O) groups excluding carboxylic acids is 2. The fraction of sp³-hybridized carbons (Fsp3) is 0.481. The van der Waals surface area contributed by atoms with Crippen molar-refractivity contribution in [1.29, 1.82) is 0 Å². The maximum absolute atomic E-state index is 14.3. The fourth-order valence-electron chi connectivity index (χ4n) is 5.07. The lowest BCUT2D eigenvalue weighted by Gasteiger charge is -2.32. The Bertz CT molecular complexity index is 1070. The monoisotopic (exact) mass is 505 g/mol. The Morgan fingerprint density at radius 2 is 1.64 bits per heavy atom. The number of alkyl halides is 4. The van der Waals surface area contributed by atoms with E-state index in [-0.39, 0.29) is 30.6 Å². The van der Waals surface area contributed by atoms with E-state index in [0.717, 1.165) is 29.9 Å². The number of halogens is 4. The van der Waals surface area contributed by atoms with Gasteiger partial charge in [-0.05, 0) is 68.9 Å². The number of piperidine rings is 1. The molecule has 2 aliphatic rings. The highest BCUT2D eigenvalue weighted by Gasteiger charge is 2.35. The van der Waals surface area contributed by atoms with Gasteiger partial charge in [0.05, 0.1) is 18.2 Å². The Morgan fingerprint density at radius 3 is 2.22 bits per heavy atom. The molecule has 0 saturated carbocycles. The van der Waals surface area contributed by atoms with E-state index in [2.05, 4.69) is 0 Å². The van der Waals surface area contributed by atoms with Gasteiger partial charge in [-0.3, -0.25) is 9.59 Å². The Morgan fingerprint density at radius 1 is 1.00 bits per heavy atom. The van der Waals surface area contributed by atoms with Crippen LogP contribution in [0.2, 0.25) is 0 Å². The third-order valence-corrected chi connectivity index (χ3v) is 7.12. The Balaban J connectivity index is 1.35. The Labute approximate surface area is 208 Å². The largest absolute Gasteiger partial charge is 0.416 e. The summed E-state index contributed by atoms with van der Waals surface area (Å²) < 4.78 is 52.6. The summed E-state index contributed by atoms with van der Waals surface area (Å²) in [5, 5.41) is 0. The first-order valence-electron chi connectivity index (χ1n) is 12.2. The van der Waals surface area contributed by atoms with Crippen molar-refractivity contribution in [2.24, 2.45) is 5.92 Å². The summed E-state index contributed by atoms with van der Waals surface area (Å²) in [6.07, 6.45) is -3.93. The average Bonchev–Trinajstić information content (AvgIpc) is 3.22. The van der Waals surface area contributed by atoms with E-state index in [9.17, 15) is 27.2 Å². The van der Waals surface area contributed by atoms with Crippen molar-refractivity contribution < 1.29 is 27.2 Å². The molecule has 1 amide bonds. The first-order valence-corrected chi connectivity index (χ1v) is 12.2.